The molecule has 0 bridgehead atoms. The molecule has 0 saturated heterocycles. The van der Waals surface area contributed by atoms with Gasteiger partial charge in [-0.25, -0.2) is 0 Å². The first-order chi connectivity index (χ1) is 6.79. The van der Waals surface area contributed by atoms with Crippen LogP contribution in [0.25, 0.3) is 6.08 Å². The second-order valence-electron chi connectivity index (χ2n) is 3.22. The van der Waals surface area contributed by atoms with E-state index in [1.165, 1.54) is 5.56 Å². The number of rotatable bonds is 5. The predicted octanol–water partition coefficient (Wildman–Crippen LogP) is 1.95. The van der Waals surface area contributed by atoms with Crippen LogP contribution >= 0.6 is 0 Å². The summed E-state index contributed by atoms with van der Waals surface area (Å²) in [7, 11) is -1.17. The maximum Gasteiger partial charge on any atom is 0.451 e. The fourth-order valence-electron chi connectivity index (χ4n) is 1.20. The Labute approximate surface area is 85.0 Å². The minimum atomic E-state index is -1.17. The molecule has 0 aliphatic rings. The van der Waals surface area contributed by atoms with E-state index >= 15 is 0 Å². The lowest BCUT2D eigenvalue weighted by Gasteiger charge is -1.95. The smallest absolute Gasteiger partial charge is 0.427 e. The zero-order valence-electron chi connectivity index (χ0n) is 8.13. The van der Waals surface area contributed by atoms with Crippen LogP contribution in [0.5, 0.6) is 0 Å². The lowest BCUT2D eigenvalue weighted by molar-refractivity contribution is 0.403. The summed E-state index contributed by atoms with van der Waals surface area (Å²) >= 11 is 0. The Bertz CT molecular complexity index is 270. The van der Waals surface area contributed by atoms with Gasteiger partial charge in [0.05, 0.1) is 0 Å². The Kier molecular flexibility index (Phi) is 5.04. The topological polar surface area (TPSA) is 40.5 Å². The molecule has 0 amide bonds. The first kappa shape index (κ1) is 11.0. The standard InChI is InChI=1S/C11H15BO2/c13-12(14)10-6-2-5-9-11-7-3-1-4-8-11/h1,3-5,7-9,13-14H,2,6,10H2/b9-5+. The molecular weight excluding hydrogens is 175 g/mol. The maximum atomic E-state index is 8.60. The van der Waals surface area contributed by atoms with Crippen molar-refractivity contribution < 1.29 is 10.0 Å². The van der Waals surface area contributed by atoms with Gasteiger partial charge < -0.3 is 10.0 Å². The largest absolute Gasteiger partial charge is 0.451 e. The highest BCUT2D eigenvalue weighted by atomic mass is 16.4. The van der Waals surface area contributed by atoms with Crippen LogP contribution in [0.1, 0.15) is 18.4 Å². The molecule has 2 nitrogen and oxygen atoms in total. The first-order valence-corrected chi connectivity index (χ1v) is 4.87. The molecule has 0 aliphatic carbocycles. The van der Waals surface area contributed by atoms with E-state index in [-0.39, 0.29) is 0 Å². The summed E-state index contributed by atoms with van der Waals surface area (Å²) in [6.07, 6.45) is 6.23. The van der Waals surface area contributed by atoms with Gasteiger partial charge in [0.2, 0.25) is 0 Å². The van der Waals surface area contributed by atoms with Crippen LogP contribution in [0.2, 0.25) is 6.32 Å². The number of hydrogen-bond donors (Lipinski definition) is 2. The third-order valence-corrected chi connectivity index (χ3v) is 1.94. The fraction of sp³-hybridized carbons (Fsp3) is 0.273. The monoisotopic (exact) mass is 190 g/mol. The molecule has 0 heterocycles. The normalized spacial score (nSPS) is 10.7. The molecule has 1 rings (SSSR count). The van der Waals surface area contributed by atoms with Crippen LogP contribution < -0.4 is 0 Å². The number of hydrogen-bond acceptors (Lipinski definition) is 2. The highest BCUT2D eigenvalue weighted by Gasteiger charge is 2.03. The highest BCUT2D eigenvalue weighted by Crippen LogP contribution is 2.04. The van der Waals surface area contributed by atoms with Crippen molar-refractivity contribution in [1.82, 2.24) is 0 Å². The molecule has 0 unspecified atom stereocenters. The van der Waals surface area contributed by atoms with E-state index in [1.807, 2.05) is 36.4 Å². The van der Waals surface area contributed by atoms with Gasteiger partial charge in [0, 0.05) is 0 Å². The average molecular weight is 190 g/mol. The molecule has 0 atom stereocenters. The Hall–Kier alpha value is -1.06. The number of allylic oxidation sites excluding steroid dienone is 1. The summed E-state index contributed by atoms with van der Waals surface area (Å²) in [4.78, 5) is 0. The van der Waals surface area contributed by atoms with Gasteiger partial charge >= 0.3 is 7.12 Å². The lowest BCUT2D eigenvalue weighted by Crippen LogP contribution is -2.08. The third-order valence-electron chi connectivity index (χ3n) is 1.94. The van der Waals surface area contributed by atoms with Crippen molar-refractivity contribution in [2.45, 2.75) is 19.2 Å². The lowest BCUT2D eigenvalue weighted by atomic mass is 9.84. The van der Waals surface area contributed by atoms with Gasteiger partial charge in [-0.15, -0.1) is 0 Å². The van der Waals surface area contributed by atoms with Crippen LogP contribution in [-0.2, 0) is 0 Å². The summed E-state index contributed by atoms with van der Waals surface area (Å²) in [6, 6.07) is 10.1. The maximum absolute atomic E-state index is 8.60. The molecule has 2 N–H and O–H groups in total. The van der Waals surface area contributed by atoms with Crippen molar-refractivity contribution in [3.8, 4) is 0 Å². The second-order valence-corrected chi connectivity index (χ2v) is 3.22. The minimum absolute atomic E-state index is 0.444. The molecule has 0 spiro atoms. The van der Waals surface area contributed by atoms with E-state index in [2.05, 4.69) is 6.08 Å². The van der Waals surface area contributed by atoms with E-state index in [0.717, 1.165) is 12.8 Å². The molecule has 14 heavy (non-hydrogen) atoms. The third kappa shape index (κ3) is 4.85. The molecule has 1 aromatic rings. The summed E-state index contributed by atoms with van der Waals surface area (Å²) in [5.41, 5.74) is 1.18. The molecule has 1 aromatic carbocycles. The van der Waals surface area contributed by atoms with Gasteiger partial charge in [-0.2, -0.15) is 0 Å². The average Bonchev–Trinajstić information content (AvgIpc) is 2.18. The zero-order valence-corrected chi connectivity index (χ0v) is 8.13. The molecular formula is C11H15BO2. The van der Waals surface area contributed by atoms with E-state index < -0.39 is 7.12 Å². The minimum Gasteiger partial charge on any atom is -0.427 e. The number of unbranched alkanes of at least 4 members (excludes halogenated alkanes) is 1. The van der Waals surface area contributed by atoms with Crippen LogP contribution in [-0.4, -0.2) is 17.2 Å². The van der Waals surface area contributed by atoms with Crippen LogP contribution in [0.15, 0.2) is 36.4 Å². The molecule has 0 saturated carbocycles. The van der Waals surface area contributed by atoms with Gasteiger partial charge in [-0.05, 0) is 18.3 Å². The van der Waals surface area contributed by atoms with Crippen LogP contribution in [0.4, 0.5) is 0 Å². The van der Waals surface area contributed by atoms with E-state index in [4.69, 9.17) is 10.0 Å². The molecule has 0 aliphatic heterocycles. The van der Waals surface area contributed by atoms with Crippen LogP contribution in [0, 0.1) is 0 Å². The summed E-state index contributed by atoms with van der Waals surface area (Å²) in [5, 5.41) is 17.2. The molecule has 0 radical (unpaired) electrons. The van der Waals surface area contributed by atoms with E-state index in [1.54, 1.807) is 0 Å². The van der Waals surface area contributed by atoms with Crippen molar-refractivity contribution >= 4 is 13.2 Å². The molecule has 74 valence electrons. The molecule has 0 fully saturated rings. The quantitative estimate of drug-likeness (QED) is 0.550. The summed E-state index contributed by atoms with van der Waals surface area (Å²) in [5.74, 6) is 0. The Morgan fingerprint density at radius 1 is 1.14 bits per heavy atom. The van der Waals surface area contributed by atoms with Gasteiger partial charge in [-0.1, -0.05) is 48.9 Å². The van der Waals surface area contributed by atoms with E-state index in [9.17, 15) is 0 Å². The van der Waals surface area contributed by atoms with Crippen LogP contribution in [0.3, 0.4) is 0 Å². The molecule has 3 heteroatoms. The second kappa shape index (κ2) is 6.41. The first-order valence-electron chi connectivity index (χ1n) is 4.87. The van der Waals surface area contributed by atoms with Gasteiger partial charge in [0.15, 0.2) is 0 Å². The Morgan fingerprint density at radius 2 is 1.86 bits per heavy atom. The van der Waals surface area contributed by atoms with Crippen molar-refractivity contribution in [3.63, 3.8) is 0 Å². The summed E-state index contributed by atoms with van der Waals surface area (Å²) < 4.78 is 0. The van der Waals surface area contributed by atoms with Crippen molar-refractivity contribution in [2.75, 3.05) is 0 Å². The predicted molar refractivity (Wildman–Crippen MR) is 59.7 cm³/mol. The number of benzene rings is 1. The Morgan fingerprint density at radius 3 is 2.50 bits per heavy atom. The fourth-order valence-corrected chi connectivity index (χ4v) is 1.20. The van der Waals surface area contributed by atoms with Gasteiger partial charge in [0.25, 0.3) is 0 Å². The highest BCUT2D eigenvalue weighted by molar-refractivity contribution is 6.40. The van der Waals surface area contributed by atoms with Crippen molar-refractivity contribution in [3.05, 3.63) is 42.0 Å². The Balaban J connectivity index is 2.21. The zero-order chi connectivity index (χ0) is 10.2. The van der Waals surface area contributed by atoms with Gasteiger partial charge in [-0.3, -0.25) is 0 Å². The summed E-state index contributed by atoms with van der Waals surface area (Å²) in [6.45, 7) is 0. The molecule has 0 aromatic heterocycles. The van der Waals surface area contributed by atoms with Crippen molar-refractivity contribution in [1.29, 1.82) is 0 Å². The van der Waals surface area contributed by atoms with Gasteiger partial charge in [0.1, 0.15) is 0 Å². The van der Waals surface area contributed by atoms with Crippen molar-refractivity contribution in [2.24, 2.45) is 0 Å². The van der Waals surface area contributed by atoms with E-state index in [0.29, 0.717) is 6.32 Å². The SMILES string of the molecule is OB(O)CCC/C=C/c1ccccc1.